The SMILES string of the molecule is CC(C)C(=O)Nc1cc(-c2cncc(NCC3CCOCC3)n2)c(C(F)(F)F)cn1. The van der Waals surface area contributed by atoms with E-state index in [4.69, 9.17) is 4.74 Å². The highest BCUT2D eigenvalue weighted by atomic mass is 19.4. The van der Waals surface area contributed by atoms with Gasteiger partial charge in [0.1, 0.15) is 11.6 Å². The normalized spacial score (nSPS) is 15.3. The highest BCUT2D eigenvalue weighted by molar-refractivity contribution is 5.91. The molecule has 0 bridgehead atoms. The highest BCUT2D eigenvalue weighted by Gasteiger charge is 2.35. The van der Waals surface area contributed by atoms with Crippen LogP contribution in [-0.2, 0) is 15.7 Å². The summed E-state index contributed by atoms with van der Waals surface area (Å²) in [5.41, 5.74) is -1.10. The zero-order valence-corrected chi connectivity index (χ0v) is 16.8. The lowest BCUT2D eigenvalue weighted by Crippen LogP contribution is -2.23. The Morgan fingerprint density at radius 1 is 1.20 bits per heavy atom. The molecule has 2 aromatic heterocycles. The molecule has 0 aromatic carbocycles. The number of alkyl halides is 3. The molecule has 7 nitrogen and oxygen atoms in total. The third kappa shape index (κ3) is 5.65. The third-order valence-electron chi connectivity index (χ3n) is 4.81. The molecule has 1 aliphatic heterocycles. The smallest absolute Gasteiger partial charge is 0.381 e. The van der Waals surface area contributed by atoms with Gasteiger partial charge < -0.3 is 15.4 Å². The molecule has 3 rings (SSSR count). The molecule has 0 aliphatic carbocycles. The van der Waals surface area contributed by atoms with Gasteiger partial charge in [0.05, 0.1) is 23.7 Å². The first-order valence-corrected chi connectivity index (χ1v) is 9.76. The van der Waals surface area contributed by atoms with Gasteiger partial charge in [-0.2, -0.15) is 13.2 Å². The number of carbonyl (C=O) groups excluding carboxylic acids is 1. The molecular weight excluding hydrogens is 399 g/mol. The van der Waals surface area contributed by atoms with E-state index in [0.29, 0.717) is 37.7 Å². The van der Waals surface area contributed by atoms with E-state index >= 15 is 0 Å². The van der Waals surface area contributed by atoms with E-state index in [1.165, 1.54) is 18.5 Å². The van der Waals surface area contributed by atoms with Crippen molar-refractivity contribution < 1.29 is 22.7 Å². The number of nitrogens with zero attached hydrogens (tertiary/aromatic N) is 3. The van der Waals surface area contributed by atoms with Crippen LogP contribution in [0.4, 0.5) is 24.8 Å². The Hall–Kier alpha value is -2.75. The number of halogens is 3. The molecule has 0 saturated carbocycles. The Kier molecular flexibility index (Phi) is 6.86. The molecule has 162 valence electrons. The minimum absolute atomic E-state index is 0.0269. The predicted octanol–water partition coefficient (Wildman–Crippen LogP) is 3.99. The van der Waals surface area contributed by atoms with Crippen molar-refractivity contribution in [1.29, 1.82) is 0 Å². The molecule has 0 unspecified atom stereocenters. The molecule has 2 aromatic rings. The summed E-state index contributed by atoms with van der Waals surface area (Å²) in [4.78, 5) is 24.0. The van der Waals surface area contributed by atoms with E-state index < -0.39 is 11.7 Å². The Balaban J connectivity index is 1.87. The van der Waals surface area contributed by atoms with E-state index in [1.807, 2.05) is 0 Å². The molecule has 1 amide bonds. The third-order valence-corrected chi connectivity index (χ3v) is 4.81. The second-order valence-corrected chi connectivity index (χ2v) is 7.48. The molecular formula is C20H24F3N5O2. The molecule has 1 aliphatic rings. The number of hydrogen-bond donors (Lipinski definition) is 2. The standard InChI is InChI=1S/C20H24F3N5O2/c1-12(2)19(29)28-17-7-14(15(9-26-17)20(21,22)23)16-10-24-11-18(27-16)25-8-13-3-5-30-6-4-13/h7,9-13H,3-6,8H2,1-2H3,(H,25,27)(H,26,28,29). The Morgan fingerprint density at radius 3 is 2.60 bits per heavy atom. The summed E-state index contributed by atoms with van der Waals surface area (Å²) in [6, 6.07) is 1.18. The zero-order valence-electron chi connectivity index (χ0n) is 16.8. The molecule has 2 N–H and O–H groups in total. The number of anilines is 2. The Morgan fingerprint density at radius 2 is 1.93 bits per heavy atom. The summed E-state index contributed by atoms with van der Waals surface area (Å²) in [5, 5.41) is 5.67. The quantitative estimate of drug-likeness (QED) is 0.730. The maximum atomic E-state index is 13.5. The molecule has 1 saturated heterocycles. The fourth-order valence-corrected chi connectivity index (χ4v) is 3.01. The van der Waals surface area contributed by atoms with Crippen molar-refractivity contribution in [3.8, 4) is 11.3 Å². The number of nitrogens with one attached hydrogen (secondary N) is 2. The number of ether oxygens (including phenoxy) is 1. The lowest BCUT2D eigenvalue weighted by atomic mass is 10.0. The van der Waals surface area contributed by atoms with Crippen LogP contribution in [0, 0.1) is 11.8 Å². The molecule has 10 heteroatoms. The number of aromatic nitrogens is 3. The summed E-state index contributed by atoms with van der Waals surface area (Å²) < 4.78 is 46.0. The van der Waals surface area contributed by atoms with Crippen molar-refractivity contribution in [1.82, 2.24) is 15.0 Å². The van der Waals surface area contributed by atoms with Crippen molar-refractivity contribution in [3.63, 3.8) is 0 Å². The van der Waals surface area contributed by atoms with Crippen LogP contribution in [0.3, 0.4) is 0 Å². The van der Waals surface area contributed by atoms with Crippen molar-refractivity contribution >= 4 is 17.5 Å². The number of hydrogen-bond acceptors (Lipinski definition) is 6. The van der Waals surface area contributed by atoms with E-state index in [2.05, 4.69) is 25.6 Å². The van der Waals surface area contributed by atoms with Gasteiger partial charge in [-0.1, -0.05) is 13.8 Å². The first-order chi connectivity index (χ1) is 14.2. The van der Waals surface area contributed by atoms with Crippen LogP contribution in [0.5, 0.6) is 0 Å². The number of pyridine rings is 1. The number of amides is 1. The molecule has 0 atom stereocenters. The first-order valence-electron chi connectivity index (χ1n) is 9.76. The monoisotopic (exact) mass is 423 g/mol. The van der Waals surface area contributed by atoms with Gasteiger partial charge in [-0.15, -0.1) is 0 Å². The minimum atomic E-state index is -4.63. The van der Waals surface area contributed by atoms with Crippen LogP contribution in [0.1, 0.15) is 32.3 Å². The van der Waals surface area contributed by atoms with E-state index in [-0.39, 0.29) is 28.9 Å². The van der Waals surface area contributed by atoms with Gasteiger partial charge in [0.25, 0.3) is 0 Å². The van der Waals surface area contributed by atoms with Crippen LogP contribution < -0.4 is 10.6 Å². The average molecular weight is 423 g/mol. The van der Waals surface area contributed by atoms with Crippen LogP contribution in [0.25, 0.3) is 11.3 Å². The molecule has 0 radical (unpaired) electrons. The van der Waals surface area contributed by atoms with Crippen LogP contribution in [-0.4, -0.2) is 40.6 Å². The second kappa shape index (κ2) is 9.38. The zero-order chi connectivity index (χ0) is 21.7. The summed E-state index contributed by atoms with van der Waals surface area (Å²) in [7, 11) is 0. The molecule has 30 heavy (non-hydrogen) atoms. The lowest BCUT2D eigenvalue weighted by Gasteiger charge is -2.22. The molecule has 1 fully saturated rings. The van der Waals surface area contributed by atoms with E-state index in [1.54, 1.807) is 13.8 Å². The molecule has 0 spiro atoms. The number of rotatable bonds is 6. The average Bonchev–Trinajstić information content (AvgIpc) is 2.72. The van der Waals surface area contributed by atoms with Crippen molar-refractivity contribution in [2.24, 2.45) is 11.8 Å². The highest BCUT2D eigenvalue weighted by Crippen LogP contribution is 2.37. The maximum Gasteiger partial charge on any atom is 0.418 e. The Labute approximate surface area is 172 Å². The van der Waals surface area contributed by atoms with Gasteiger partial charge in [-0.25, -0.2) is 9.97 Å². The summed E-state index contributed by atoms with van der Waals surface area (Å²) in [6.07, 6.45) is 0.644. The summed E-state index contributed by atoms with van der Waals surface area (Å²) in [5.74, 6) is 0.144. The fraction of sp³-hybridized carbons (Fsp3) is 0.500. The lowest BCUT2D eigenvalue weighted by molar-refractivity contribution is -0.137. The largest absolute Gasteiger partial charge is 0.418 e. The minimum Gasteiger partial charge on any atom is -0.381 e. The van der Waals surface area contributed by atoms with E-state index in [0.717, 1.165) is 12.8 Å². The topological polar surface area (TPSA) is 89.0 Å². The van der Waals surface area contributed by atoms with Crippen LogP contribution in [0.2, 0.25) is 0 Å². The fourth-order valence-electron chi connectivity index (χ4n) is 3.01. The van der Waals surface area contributed by atoms with Crippen molar-refractivity contribution in [2.75, 3.05) is 30.4 Å². The van der Waals surface area contributed by atoms with Gasteiger partial charge in [0.15, 0.2) is 0 Å². The van der Waals surface area contributed by atoms with Crippen molar-refractivity contribution in [2.45, 2.75) is 32.9 Å². The summed E-state index contributed by atoms with van der Waals surface area (Å²) >= 11 is 0. The van der Waals surface area contributed by atoms with Crippen molar-refractivity contribution in [3.05, 3.63) is 30.2 Å². The predicted molar refractivity (Wildman–Crippen MR) is 106 cm³/mol. The number of carbonyl (C=O) groups is 1. The summed E-state index contributed by atoms with van der Waals surface area (Å²) in [6.45, 7) is 5.40. The van der Waals surface area contributed by atoms with Gasteiger partial charge >= 0.3 is 6.18 Å². The molecule has 3 heterocycles. The Bertz CT molecular complexity index is 883. The second-order valence-electron chi connectivity index (χ2n) is 7.48. The van der Waals surface area contributed by atoms with Gasteiger partial charge in [0, 0.05) is 37.4 Å². The van der Waals surface area contributed by atoms with Gasteiger partial charge in [-0.3, -0.25) is 9.78 Å². The van der Waals surface area contributed by atoms with Crippen LogP contribution in [0.15, 0.2) is 24.7 Å². The van der Waals surface area contributed by atoms with E-state index in [9.17, 15) is 18.0 Å². The maximum absolute atomic E-state index is 13.5. The van der Waals surface area contributed by atoms with Gasteiger partial charge in [-0.05, 0) is 24.8 Å². The van der Waals surface area contributed by atoms with Crippen LogP contribution >= 0.6 is 0 Å². The van der Waals surface area contributed by atoms with Gasteiger partial charge in [0.2, 0.25) is 5.91 Å². The first kappa shape index (κ1) is 21.9.